The molecule has 4 heteroatoms. The van der Waals surface area contributed by atoms with E-state index in [-0.39, 0.29) is 11.9 Å². The average Bonchev–Trinajstić information content (AvgIpc) is 2.39. The molecule has 2 atom stereocenters. The second-order valence-corrected chi connectivity index (χ2v) is 6.33. The third kappa shape index (κ3) is 4.26. The molecule has 0 saturated heterocycles. The minimum atomic E-state index is -0.432. The van der Waals surface area contributed by atoms with Gasteiger partial charge in [0.25, 0.3) is 0 Å². The molecule has 0 bridgehead atoms. The van der Waals surface area contributed by atoms with Crippen LogP contribution in [0.1, 0.15) is 46.5 Å². The summed E-state index contributed by atoms with van der Waals surface area (Å²) in [5, 5.41) is 0. The van der Waals surface area contributed by atoms with Crippen LogP contribution in [0, 0.1) is 17.7 Å². The Morgan fingerprint density at radius 1 is 1.14 bits per heavy atom. The molecule has 2 rings (SSSR count). The first-order valence-electron chi connectivity index (χ1n) is 7.88. The molecule has 1 aliphatic carbocycles. The first kappa shape index (κ1) is 15.9. The van der Waals surface area contributed by atoms with E-state index in [1.165, 1.54) is 12.5 Å². The number of hydrogen-bond acceptors (Lipinski definition) is 3. The monoisotopic (exact) mass is 295 g/mol. The van der Waals surface area contributed by atoms with E-state index in [0.29, 0.717) is 29.9 Å². The lowest BCUT2D eigenvalue weighted by atomic mass is 9.82. The molecule has 2 N–H and O–H groups in total. The topological polar surface area (TPSA) is 44.5 Å². The van der Waals surface area contributed by atoms with Crippen molar-refractivity contribution in [3.63, 3.8) is 0 Å². The maximum absolute atomic E-state index is 13.8. The molecule has 1 saturated carbocycles. The van der Waals surface area contributed by atoms with Gasteiger partial charge >= 0.3 is 0 Å². The Morgan fingerprint density at radius 3 is 2.43 bits per heavy atom. The van der Waals surface area contributed by atoms with Crippen LogP contribution in [-0.2, 0) is 0 Å². The van der Waals surface area contributed by atoms with Crippen molar-refractivity contribution in [3.05, 3.63) is 17.9 Å². The van der Waals surface area contributed by atoms with Gasteiger partial charge in [-0.3, -0.25) is 0 Å². The molecule has 21 heavy (non-hydrogen) atoms. The summed E-state index contributed by atoms with van der Waals surface area (Å²) in [6, 6.07) is 2.88. The van der Waals surface area contributed by atoms with Crippen molar-refractivity contribution >= 4 is 5.69 Å². The van der Waals surface area contributed by atoms with Crippen LogP contribution in [0.25, 0.3) is 0 Å². The van der Waals surface area contributed by atoms with Crippen LogP contribution in [0.5, 0.6) is 11.5 Å². The van der Waals surface area contributed by atoms with E-state index in [1.807, 2.05) is 6.92 Å². The third-order valence-electron chi connectivity index (χ3n) is 3.95. The minimum absolute atomic E-state index is 0.149. The zero-order chi connectivity index (χ0) is 15.4. The Morgan fingerprint density at radius 2 is 1.81 bits per heavy atom. The van der Waals surface area contributed by atoms with Crippen molar-refractivity contribution in [1.29, 1.82) is 0 Å². The summed E-state index contributed by atoms with van der Waals surface area (Å²) >= 11 is 0. The van der Waals surface area contributed by atoms with Crippen LogP contribution >= 0.6 is 0 Å². The van der Waals surface area contributed by atoms with Gasteiger partial charge in [0.05, 0.1) is 18.4 Å². The molecule has 1 aliphatic rings. The van der Waals surface area contributed by atoms with Gasteiger partial charge in [0.1, 0.15) is 5.75 Å². The van der Waals surface area contributed by atoms with Crippen molar-refractivity contribution in [2.24, 2.45) is 11.8 Å². The van der Waals surface area contributed by atoms with Crippen LogP contribution in [0.3, 0.4) is 0 Å². The van der Waals surface area contributed by atoms with E-state index in [1.54, 1.807) is 6.07 Å². The highest BCUT2D eigenvalue weighted by Crippen LogP contribution is 2.35. The normalized spacial score (nSPS) is 25.6. The van der Waals surface area contributed by atoms with E-state index in [4.69, 9.17) is 15.2 Å². The fourth-order valence-electron chi connectivity index (χ4n) is 3.12. The van der Waals surface area contributed by atoms with E-state index in [2.05, 4.69) is 13.8 Å². The van der Waals surface area contributed by atoms with Crippen LogP contribution in [0.2, 0.25) is 0 Å². The molecule has 1 aromatic rings. The van der Waals surface area contributed by atoms with E-state index in [0.717, 1.165) is 19.3 Å². The summed E-state index contributed by atoms with van der Waals surface area (Å²) in [4.78, 5) is 0. The zero-order valence-electron chi connectivity index (χ0n) is 13.2. The lowest BCUT2D eigenvalue weighted by Crippen LogP contribution is -2.28. The van der Waals surface area contributed by atoms with Crippen molar-refractivity contribution < 1.29 is 13.9 Å². The fraction of sp³-hybridized carbons (Fsp3) is 0.647. The lowest BCUT2D eigenvalue weighted by molar-refractivity contribution is 0.101. The van der Waals surface area contributed by atoms with Gasteiger partial charge in [0.15, 0.2) is 11.6 Å². The smallest absolute Gasteiger partial charge is 0.167 e. The molecule has 0 aromatic heterocycles. The van der Waals surface area contributed by atoms with Gasteiger partial charge in [0.2, 0.25) is 0 Å². The number of halogens is 1. The second-order valence-electron chi connectivity index (χ2n) is 6.33. The molecule has 118 valence electrons. The van der Waals surface area contributed by atoms with Crippen molar-refractivity contribution in [2.45, 2.75) is 52.6 Å². The van der Waals surface area contributed by atoms with Gasteiger partial charge in [-0.05, 0) is 37.5 Å². The summed E-state index contributed by atoms with van der Waals surface area (Å²) in [6.45, 7) is 6.96. The standard InChI is InChI=1S/C17H26FNO2/c1-4-5-20-16-10-17(15(19)9-14(16)18)21-13-7-11(2)6-12(3)8-13/h9-13H,4-8,19H2,1-3H3. The third-order valence-corrected chi connectivity index (χ3v) is 3.95. The van der Waals surface area contributed by atoms with Gasteiger partial charge in [0, 0.05) is 12.1 Å². The molecule has 0 amide bonds. The Kier molecular flexibility index (Phi) is 5.32. The Balaban J connectivity index is 2.11. The van der Waals surface area contributed by atoms with Gasteiger partial charge in [-0.15, -0.1) is 0 Å². The summed E-state index contributed by atoms with van der Waals surface area (Å²) in [5.41, 5.74) is 6.22. The highest BCUT2D eigenvalue weighted by Gasteiger charge is 2.26. The lowest BCUT2D eigenvalue weighted by Gasteiger charge is -2.32. The Hall–Kier alpha value is -1.45. The average molecular weight is 295 g/mol. The highest BCUT2D eigenvalue weighted by atomic mass is 19.1. The maximum atomic E-state index is 13.8. The van der Waals surface area contributed by atoms with Crippen LogP contribution in [0.15, 0.2) is 12.1 Å². The maximum Gasteiger partial charge on any atom is 0.167 e. The van der Waals surface area contributed by atoms with Gasteiger partial charge in [-0.2, -0.15) is 0 Å². The molecule has 0 spiro atoms. The number of ether oxygens (including phenoxy) is 2. The van der Waals surface area contributed by atoms with Crippen LogP contribution in [-0.4, -0.2) is 12.7 Å². The second kappa shape index (κ2) is 7.01. The Labute approximate surface area is 126 Å². The fourth-order valence-corrected chi connectivity index (χ4v) is 3.12. The van der Waals surface area contributed by atoms with Gasteiger partial charge in [-0.1, -0.05) is 20.8 Å². The quantitative estimate of drug-likeness (QED) is 0.819. The zero-order valence-corrected chi connectivity index (χ0v) is 13.2. The van der Waals surface area contributed by atoms with E-state index >= 15 is 0 Å². The molecule has 1 fully saturated rings. The summed E-state index contributed by atoms with van der Waals surface area (Å²) in [7, 11) is 0. The number of anilines is 1. The number of benzene rings is 1. The molecular formula is C17H26FNO2. The molecule has 0 heterocycles. The molecule has 0 aliphatic heterocycles. The molecule has 3 nitrogen and oxygen atoms in total. The van der Waals surface area contributed by atoms with Crippen LogP contribution < -0.4 is 15.2 Å². The summed E-state index contributed by atoms with van der Waals surface area (Å²) in [6.07, 6.45) is 4.26. The molecular weight excluding hydrogens is 269 g/mol. The minimum Gasteiger partial charge on any atom is -0.490 e. The van der Waals surface area contributed by atoms with Crippen molar-refractivity contribution in [2.75, 3.05) is 12.3 Å². The number of nitrogens with two attached hydrogens (primary N) is 1. The SMILES string of the molecule is CCCOc1cc(OC2CC(C)CC(C)C2)c(N)cc1F. The van der Waals surface area contributed by atoms with E-state index < -0.39 is 5.82 Å². The number of hydrogen-bond donors (Lipinski definition) is 1. The number of nitrogen functional groups attached to an aromatic ring is 1. The highest BCUT2D eigenvalue weighted by molar-refractivity contribution is 5.56. The largest absolute Gasteiger partial charge is 0.490 e. The van der Waals surface area contributed by atoms with Crippen LogP contribution in [0.4, 0.5) is 10.1 Å². The predicted octanol–water partition coefficient (Wildman–Crippen LogP) is 4.40. The molecule has 2 unspecified atom stereocenters. The van der Waals surface area contributed by atoms with Gasteiger partial charge in [-0.25, -0.2) is 4.39 Å². The van der Waals surface area contributed by atoms with Crippen molar-refractivity contribution in [1.82, 2.24) is 0 Å². The van der Waals surface area contributed by atoms with E-state index in [9.17, 15) is 4.39 Å². The predicted molar refractivity (Wildman–Crippen MR) is 83.2 cm³/mol. The summed E-state index contributed by atoms with van der Waals surface area (Å²) < 4.78 is 25.2. The summed E-state index contributed by atoms with van der Waals surface area (Å²) in [5.74, 6) is 1.62. The van der Waals surface area contributed by atoms with Crippen molar-refractivity contribution in [3.8, 4) is 11.5 Å². The van der Waals surface area contributed by atoms with Gasteiger partial charge < -0.3 is 15.2 Å². The Bertz CT molecular complexity index is 468. The first-order valence-corrected chi connectivity index (χ1v) is 7.88. The molecule has 0 radical (unpaired) electrons. The molecule has 1 aromatic carbocycles. The first-order chi connectivity index (χ1) is 9.99. The number of rotatable bonds is 5.